The molecule has 0 bridgehead atoms. The number of H-pyrrole nitrogens is 1. The summed E-state index contributed by atoms with van der Waals surface area (Å²) in [5.41, 5.74) is 1.83. The highest BCUT2D eigenvalue weighted by molar-refractivity contribution is 5.99. The zero-order valence-corrected chi connectivity index (χ0v) is 11.7. The van der Waals surface area contributed by atoms with E-state index >= 15 is 0 Å². The third-order valence-corrected chi connectivity index (χ3v) is 3.88. The van der Waals surface area contributed by atoms with Crippen LogP contribution in [-0.4, -0.2) is 28.6 Å². The first-order chi connectivity index (χ1) is 10.1. The first kappa shape index (κ1) is 13.8. The van der Waals surface area contributed by atoms with Crippen molar-refractivity contribution in [2.75, 3.05) is 6.61 Å². The lowest BCUT2D eigenvalue weighted by atomic mass is 10.1. The molecule has 110 valence electrons. The summed E-state index contributed by atoms with van der Waals surface area (Å²) in [6.45, 7) is 1.90. The van der Waals surface area contributed by atoms with Crippen molar-refractivity contribution >= 4 is 16.8 Å². The van der Waals surface area contributed by atoms with Crippen LogP contribution in [0.3, 0.4) is 0 Å². The predicted molar refractivity (Wildman–Crippen MR) is 78.6 cm³/mol. The molecule has 1 aromatic carbocycles. The third kappa shape index (κ3) is 2.69. The third-order valence-electron chi connectivity index (χ3n) is 3.88. The molecular formula is C16H17FN2O2. The molecule has 0 aliphatic heterocycles. The van der Waals surface area contributed by atoms with Gasteiger partial charge < -0.3 is 15.4 Å². The number of benzene rings is 1. The van der Waals surface area contributed by atoms with Crippen LogP contribution in [-0.2, 0) is 0 Å². The number of carbonyl (C=O) groups excluding carboxylic acids is 1. The molecule has 0 fully saturated rings. The average molecular weight is 288 g/mol. The molecule has 3 N–H and O–H groups in total. The standard InChI is InChI=1S/C16H17FN2O2/c1-9-4-11(17)6-14-13(9)7-15(19-14)16(21)18-12-3-2-10(5-12)8-20/h2-4,6-7,10,12,19-20H,5,8H2,1H3,(H,18,21)/t10-,12+/m0/s1. The van der Waals surface area contributed by atoms with Gasteiger partial charge in [0.25, 0.3) is 5.91 Å². The molecule has 1 aliphatic rings. The molecule has 2 aromatic rings. The van der Waals surface area contributed by atoms with Gasteiger partial charge in [0.2, 0.25) is 0 Å². The molecule has 4 nitrogen and oxygen atoms in total. The fourth-order valence-corrected chi connectivity index (χ4v) is 2.76. The van der Waals surface area contributed by atoms with Crippen LogP contribution in [0.15, 0.2) is 30.4 Å². The molecule has 1 aromatic heterocycles. The summed E-state index contributed by atoms with van der Waals surface area (Å²) >= 11 is 0. The van der Waals surface area contributed by atoms with Gasteiger partial charge in [-0.15, -0.1) is 0 Å². The summed E-state index contributed by atoms with van der Waals surface area (Å²) in [6, 6.07) is 4.50. The molecule has 2 atom stereocenters. The Morgan fingerprint density at radius 1 is 1.43 bits per heavy atom. The second-order valence-corrected chi connectivity index (χ2v) is 5.51. The maximum Gasteiger partial charge on any atom is 0.268 e. The van der Waals surface area contributed by atoms with Crippen LogP contribution >= 0.6 is 0 Å². The van der Waals surface area contributed by atoms with Crippen LogP contribution in [0.25, 0.3) is 10.9 Å². The van der Waals surface area contributed by atoms with Crippen molar-refractivity contribution in [1.82, 2.24) is 10.3 Å². The van der Waals surface area contributed by atoms with Crippen LogP contribution < -0.4 is 5.32 Å². The number of amides is 1. The number of carbonyl (C=O) groups is 1. The molecule has 1 heterocycles. The first-order valence-electron chi connectivity index (χ1n) is 6.95. The molecule has 21 heavy (non-hydrogen) atoms. The number of hydrogen-bond donors (Lipinski definition) is 3. The van der Waals surface area contributed by atoms with Crippen LogP contribution in [0.2, 0.25) is 0 Å². The van der Waals surface area contributed by atoms with Crippen molar-refractivity contribution in [3.8, 4) is 0 Å². The average Bonchev–Trinajstić information content (AvgIpc) is 3.04. The Labute approximate surface area is 121 Å². The predicted octanol–water partition coefficient (Wildman–Crippen LogP) is 2.28. The van der Waals surface area contributed by atoms with E-state index in [1.54, 1.807) is 6.07 Å². The number of nitrogens with one attached hydrogen (secondary N) is 2. The van der Waals surface area contributed by atoms with Gasteiger partial charge in [-0.3, -0.25) is 4.79 Å². The number of aliphatic hydroxyl groups is 1. The minimum Gasteiger partial charge on any atom is -0.396 e. The topological polar surface area (TPSA) is 65.1 Å². The van der Waals surface area contributed by atoms with Gasteiger partial charge >= 0.3 is 0 Å². The number of aromatic amines is 1. The Kier molecular flexibility index (Phi) is 3.51. The van der Waals surface area contributed by atoms with Gasteiger partial charge in [0.05, 0.1) is 0 Å². The number of aromatic nitrogens is 1. The van der Waals surface area contributed by atoms with E-state index in [9.17, 15) is 9.18 Å². The van der Waals surface area contributed by atoms with E-state index in [0.717, 1.165) is 10.9 Å². The lowest BCUT2D eigenvalue weighted by Crippen LogP contribution is -2.33. The second-order valence-electron chi connectivity index (χ2n) is 5.51. The number of halogens is 1. The van der Waals surface area contributed by atoms with Gasteiger partial charge in [0.15, 0.2) is 0 Å². The van der Waals surface area contributed by atoms with Crippen LogP contribution in [0.5, 0.6) is 0 Å². The molecule has 0 radical (unpaired) electrons. The van der Waals surface area contributed by atoms with E-state index in [2.05, 4.69) is 10.3 Å². The molecular weight excluding hydrogens is 271 g/mol. The minimum atomic E-state index is -0.321. The summed E-state index contributed by atoms with van der Waals surface area (Å²) in [7, 11) is 0. The van der Waals surface area contributed by atoms with Crippen molar-refractivity contribution in [1.29, 1.82) is 0 Å². The van der Waals surface area contributed by atoms with Gasteiger partial charge in [-0.2, -0.15) is 0 Å². The summed E-state index contributed by atoms with van der Waals surface area (Å²) in [6.07, 6.45) is 4.51. The molecule has 0 spiro atoms. The number of hydrogen-bond acceptors (Lipinski definition) is 2. The Bertz CT molecular complexity index is 720. The van der Waals surface area contributed by atoms with Gasteiger partial charge in [-0.25, -0.2) is 4.39 Å². The number of aliphatic hydroxyl groups excluding tert-OH is 1. The molecule has 3 rings (SSSR count). The lowest BCUT2D eigenvalue weighted by molar-refractivity contribution is 0.0937. The van der Waals surface area contributed by atoms with Gasteiger partial charge in [-0.1, -0.05) is 12.2 Å². The largest absolute Gasteiger partial charge is 0.396 e. The highest BCUT2D eigenvalue weighted by Crippen LogP contribution is 2.22. The lowest BCUT2D eigenvalue weighted by Gasteiger charge is -2.11. The van der Waals surface area contributed by atoms with E-state index in [1.165, 1.54) is 12.1 Å². The molecule has 0 saturated carbocycles. The van der Waals surface area contributed by atoms with Crippen molar-refractivity contribution in [2.45, 2.75) is 19.4 Å². The van der Waals surface area contributed by atoms with Gasteiger partial charge in [0.1, 0.15) is 11.5 Å². The molecule has 1 aliphatic carbocycles. The summed E-state index contributed by atoms with van der Waals surface area (Å²) in [4.78, 5) is 15.2. The van der Waals surface area contributed by atoms with E-state index < -0.39 is 0 Å². The second kappa shape index (κ2) is 5.33. The van der Waals surface area contributed by atoms with E-state index in [4.69, 9.17) is 5.11 Å². The highest BCUT2D eigenvalue weighted by atomic mass is 19.1. The summed E-state index contributed by atoms with van der Waals surface area (Å²) < 4.78 is 13.4. The van der Waals surface area contributed by atoms with Gasteiger partial charge in [0, 0.05) is 29.5 Å². The van der Waals surface area contributed by atoms with Crippen LogP contribution in [0.4, 0.5) is 4.39 Å². The number of fused-ring (bicyclic) bond motifs is 1. The Morgan fingerprint density at radius 3 is 2.95 bits per heavy atom. The fourth-order valence-electron chi connectivity index (χ4n) is 2.76. The quantitative estimate of drug-likeness (QED) is 0.759. The maximum absolute atomic E-state index is 13.4. The normalized spacial score (nSPS) is 21.1. The Hall–Kier alpha value is -2.14. The smallest absolute Gasteiger partial charge is 0.268 e. The van der Waals surface area contributed by atoms with Crippen LogP contribution in [0, 0.1) is 18.7 Å². The molecule has 0 saturated heterocycles. The first-order valence-corrected chi connectivity index (χ1v) is 6.95. The highest BCUT2D eigenvalue weighted by Gasteiger charge is 2.21. The van der Waals surface area contributed by atoms with E-state index in [0.29, 0.717) is 17.6 Å². The SMILES string of the molecule is Cc1cc(F)cc2[nH]c(C(=O)N[C@@H]3C=C[C@H](CO)C3)cc12. The van der Waals surface area contributed by atoms with Crippen molar-refractivity contribution in [3.05, 3.63) is 47.4 Å². The van der Waals surface area contributed by atoms with Crippen molar-refractivity contribution in [2.24, 2.45) is 5.92 Å². The zero-order chi connectivity index (χ0) is 15.0. The molecule has 0 unspecified atom stereocenters. The van der Waals surface area contributed by atoms with Gasteiger partial charge in [-0.05, 0) is 37.1 Å². The molecule has 1 amide bonds. The van der Waals surface area contributed by atoms with Crippen molar-refractivity contribution < 1.29 is 14.3 Å². The van der Waals surface area contributed by atoms with Crippen molar-refractivity contribution in [3.63, 3.8) is 0 Å². The number of aryl methyl sites for hydroxylation is 1. The monoisotopic (exact) mass is 288 g/mol. The number of rotatable bonds is 3. The maximum atomic E-state index is 13.4. The Morgan fingerprint density at radius 2 is 2.24 bits per heavy atom. The van der Waals surface area contributed by atoms with E-state index in [1.807, 2.05) is 19.1 Å². The Balaban J connectivity index is 1.79. The molecule has 5 heteroatoms. The summed E-state index contributed by atoms with van der Waals surface area (Å²) in [5.74, 6) is -0.438. The minimum absolute atomic E-state index is 0.0705. The van der Waals surface area contributed by atoms with E-state index in [-0.39, 0.29) is 30.3 Å². The fraction of sp³-hybridized carbons (Fsp3) is 0.312. The van der Waals surface area contributed by atoms with Crippen LogP contribution in [0.1, 0.15) is 22.5 Å². The zero-order valence-electron chi connectivity index (χ0n) is 11.7. The summed E-state index contributed by atoms with van der Waals surface area (Å²) in [5, 5.41) is 12.8.